The molecule has 4 aromatic rings. The number of rotatable bonds is 6. The second kappa shape index (κ2) is 7.77. The van der Waals surface area contributed by atoms with Crippen LogP contribution < -0.4 is 10.6 Å². The summed E-state index contributed by atoms with van der Waals surface area (Å²) < 4.78 is 1.30. The van der Waals surface area contributed by atoms with Crippen LogP contribution >= 0.6 is 0 Å². The van der Waals surface area contributed by atoms with E-state index in [2.05, 4.69) is 25.7 Å². The number of nitrogens with zero attached hydrogens (tertiary/aromatic N) is 4. The molecule has 0 saturated carbocycles. The second-order valence-corrected chi connectivity index (χ2v) is 6.18. The van der Waals surface area contributed by atoms with Gasteiger partial charge in [-0.2, -0.15) is 5.10 Å². The van der Waals surface area contributed by atoms with Gasteiger partial charge < -0.3 is 15.7 Å². The maximum atomic E-state index is 12.2. The lowest BCUT2D eigenvalue weighted by Crippen LogP contribution is -2.11. The number of aromatic nitrogens is 4. The third kappa shape index (κ3) is 4.03. The lowest BCUT2D eigenvalue weighted by Gasteiger charge is -2.09. The molecule has 3 N–H and O–H groups in total. The highest BCUT2D eigenvalue weighted by molar-refractivity contribution is 6.04. The molecule has 0 aliphatic heterocycles. The summed E-state index contributed by atoms with van der Waals surface area (Å²) >= 11 is 0. The molecule has 9 nitrogen and oxygen atoms in total. The van der Waals surface area contributed by atoms with Gasteiger partial charge in [0.25, 0.3) is 5.91 Å². The first kappa shape index (κ1) is 18.1. The van der Waals surface area contributed by atoms with E-state index in [1.807, 2.05) is 18.2 Å². The van der Waals surface area contributed by atoms with E-state index in [-0.39, 0.29) is 12.5 Å². The van der Waals surface area contributed by atoms with E-state index in [1.165, 1.54) is 17.2 Å². The maximum absolute atomic E-state index is 12.2. The molecule has 0 bridgehead atoms. The average Bonchev–Trinajstić information content (AvgIpc) is 3.13. The molecule has 0 fully saturated rings. The van der Waals surface area contributed by atoms with Gasteiger partial charge in [0.05, 0.1) is 11.6 Å². The molecule has 0 aliphatic rings. The fourth-order valence-electron chi connectivity index (χ4n) is 2.80. The Morgan fingerprint density at radius 2 is 1.69 bits per heavy atom. The number of carbonyl (C=O) groups is 2. The van der Waals surface area contributed by atoms with Gasteiger partial charge in [-0.15, -0.1) is 0 Å². The molecule has 2 heterocycles. The van der Waals surface area contributed by atoms with Gasteiger partial charge in [0, 0.05) is 16.9 Å². The van der Waals surface area contributed by atoms with E-state index in [9.17, 15) is 9.59 Å². The predicted octanol–water partition coefficient (Wildman–Crippen LogP) is 2.91. The van der Waals surface area contributed by atoms with Crippen LogP contribution in [0.5, 0.6) is 0 Å². The monoisotopic (exact) mass is 388 g/mol. The molecule has 0 unspecified atom stereocenters. The molecule has 29 heavy (non-hydrogen) atoms. The Morgan fingerprint density at radius 3 is 2.41 bits per heavy atom. The van der Waals surface area contributed by atoms with Crippen LogP contribution in [0, 0.1) is 0 Å². The van der Waals surface area contributed by atoms with Gasteiger partial charge in [-0.25, -0.2) is 14.6 Å². The average molecular weight is 388 g/mol. The van der Waals surface area contributed by atoms with Crippen LogP contribution in [0.1, 0.15) is 10.4 Å². The van der Waals surface area contributed by atoms with Gasteiger partial charge in [0.15, 0.2) is 5.65 Å². The first-order chi connectivity index (χ1) is 14.1. The molecule has 4 rings (SSSR count). The van der Waals surface area contributed by atoms with Crippen molar-refractivity contribution >= 4 is 40.1 Å². The van der Waals surface area contributed by atoms with Crippen LogP contribution in [-0.4, -0.2) is 36.7 Å². The summed E-state index contributed by atoms with van der Waals surface area (Å²) in [5.74, 6) is -0.682. The summed E-state index contributed by atoms with van der Waals surface area (Å²) in [6.07, 6.45) is 2.87. The second-order valence-electron chi connectivity index (χ2n) is 6.18. The zero-order valence-corrected chi connectivity index (χ0v) is 15.1. The molecule has 9 heteroatoms. The third-order valence-electron chi connectivity index (χ3n) is 4.16. The van der Waals surface area contributed by atoms with E-state index in [0.717, 1.165) is 5.69 Å². The molecule has 0 atom stereocenters. The number of carboxylic acids is 1. The van der Waals surface area contributed by atoms with Gasteiger partial charge in [-0.05, 0) is 36.4 Å². The Hall–Kier alpha value is -4.27. The number of carboxylic acid groups (broad SMARTS) is 1. The molecule has 2 aromatic heterocycles. The van der Waals surface area contributed by atoms with Gasteiger partial charge in [-0.1, -0.05) is 18.2 Å². The van der Waals surface area contributed by atoms with Gasteiger partial charge in [-0.3, -0.25) is 9.59 Å². The van der Waals surface area contributed by atoms with E-state index >= 15 is 0 Å². The van der Waals surface area contributed by atoms with Crippen molar-refractivity contribution in [2.75, 3.05) is 10.6 Å². The van der Waals surface area contributed by atoms with Crippen LogP contribution in [-0.2, 0) is 11.3 Å². The van der Waals surface area contributed by atoms with E-state index in [0.29, 0.717) is 28.1 Å². The largest absolute Gasteiger partial charge is 0.480 e. The van der Waals surface area contributed by atoms with Crippen molar-refractivity contribution in [3.05, 3.63) is 72.7 Å². The first-order valence-electron chi connectivity index (χ1n) is 8.72. The van der Waals surface area contributed by atoms with Crippen molar-refractivity contribution < 1.29 is 14.7 Å². The van der Waals surface area contributed by atoms with Gasteiger partial charge in [0.1, 0.15) is 18.7 Å². The molecule has 2 aromatic carbocycles. The van der Waals surface area contributed by atoms with Crippen molar-refractivity contribution in [3.8, 4) is 0 Å². The van der Waals surface area contributed by atoms with Crippen LogP contribution in [0.2, 0.25) is 0 Å². The van der Waals surface area contributed by atoms with Crippen molar-refractivity contribution in [1.29, 1.82) is 0 Å². The van der Waals surface area contributed by atoms with Crippen LogP contribution in [0.4, 0.5) is 17.2 Å². The van der Waals surface area contributed by atoms with Crippen molar-refractivity contribution in [2.45, 2.75) is 6.54 Å². The minimum Gasteiger partial charge on any atom is -0.480 e. The highest BCUT2D eigenvalue weighted by atomic mass is 16.4. The molecular formula is C20H16N6O3. The Morgan fingerprint density at radius 1 is 0.966 bits per heavy atom. The van der Waals surface area contributed by atoms with Gasteiger partial charge in [0.2, 0.25) is 0 Å². The standard InChI is InChI=1S/C20H16N6O3/c27-17(28)11-26-19-16(10-23-26)18(21-12-22-19)24-14-6-8-15(9-7-14)25-20(29)13-4-2-1-3-5-13/h1-10,12H,11H2,(H,25,29)(H,27,28)(H,21,22,24). The molecule has 0 radical (unpaired) electrons. The number of anilines is 3. The van der Waals surface area contributed by atoms with Crippen LogP contribution in [0.25, 0.3) is 11.0 Å². The summed E-state index contributed by atoms with van der Waals surface area (Å²) in [7, 11) is 0. The van der Waals surface area contributed by atoms with Crippen molar-refractivity contribution in [2.24, 2.45) is 0 Å². The lowest BCUT2D eigenvalue weighted by molar-refractivity contribution is -0.137. The van der Waals surface area contributed by atoms with Gasteiger partial charge >= 0.3 is 5.97 Å². The smallest absolute Gasteiger partial charge is 0.325 e. The number of hydrogen-bond acceptors (Lipinski definition) is 6. The van der Waals surface area contributed by atoms with E-state index < -0.39 is 5.97 Å². The highest BCUT2D eigenvalue weighted by Crippen LogP contribution is 2.23. The third-order valence-corrected chi connectivity index (χ3v) is 4.16. The molecule has 0 spiro atoms. The molecule has 1 amide bonds. The molecule has 144 valence electrons. The lowest BCUT2D eigenvalue weighted by atomic mass is 10.2. The number of nitrogens with one attached hydrogen (secondary N) is 2. The summed E-state index contributed by atoms with van der Waals surface area (Å²) in [4.78, 5) is 31.5. The van der Waals surface area contributed by atoms with Crippen molar-refractivity contribution in [3.63, 3.8) is 0 Å². The first-order valence-corrected chi connectivity index (χ1v) is 8.72. The molecule has 0 saturated heterocycles. The zero-order chi connectivity index (χ0) is 20.2. The summed E-state index contributed by atoms with van der Waals surface area (Å²) in [5.41, 5.74) is 2.41. The number of fused-ring (bicyclic) bond motifs is 1. The number of hydrogen-bond donors (Lipinski definition) is 3. The molecular weight excluding hydrogens is 372 g/mol. The minimum absolute atomic E-state index is 0.185. The Bertz CT molecular complexity index is 1170. The van der Waals surface area contributed by atoms with Crippen LogP contribution in [0.15, 0.2) is 67.1 Å². The fraction of sp³-hybridized carbons (Fsp3) is 0.0500. The Labute approximate surface area is 165 Å². The highest BCUT2D eigenvalue weighted by Gasteiger charge is 2.12. The van der Waals surface area contributed by atoms with Crippen LogP contribution in [0.3, 0.4) is 0 Å². The number of carbonyl (C=O) groups excluding carboxylic acids is 1. The summed E-state index contributed by atoms with van der Waals surface area (Å²) in [6, 6.07) is 16.1. The SMILES string of the molecule is O=C(O)Cn1ncc2c(Nc3ccc(NC(=O)c4ccccc4)cc3)ncnc21. The molecule has 0 aliphatic carbocycles. The topological polar surface area (TPSA) is 122 Å². The normalized spacial score (nSPS) is 10.6. The zero-order valence-electron chi connectivity index (χ0n) is 15.1. The van der Waals surface area contributed by atoms with Crippen molar-refractivity contribution in [1.82, 2.24) is 19.7 Å². The van der Waals surface area contributed by atoms with E-state index in [1.54, 1.807) is 36.4 Å². The number of benzene rings is 2. The fourth-order valence-corrected chi connectivity index (χ4v) is 2.80. The quantitative estimate of drug-likeness (QED) is 0.464. The Kier molecular flexibility index (Phi) is 4.85. The maximum Gasteiger partial charge on any atom is 0.325 e. The Balaban J connectivity index is 1.50. The predicted molar refractivity (Wildman–Crippen MR) is 107 cm³/mol. The number of amides is 1. The minimum atomic E-state index is -1.00. The summed E-state index contributed by atoms with van der Waals surface area (Å²) in [5, 5.41) is 19.6. The number of aliphatic carboxylic acids is 1. The summed E-state index contributed by atoms with van der Waals surface area (Å²) in [6.45, 7) is -0.282. The van der Waals surface area contributed by atoms with E-state index in [4.69, 9.17) is 5.11 Å².